The highest BCUT2D eigenvalue weighted by Crippen LogP contribution is 2.38. The minimum atomic E-state index is -0.114. The van der Waals surface area contributed by atoms with Crippen LogP contribution in [-0.2, 0) is 0 Å². The molecule has 1 saturated carbocycles. The first-order chi connectivity index (χ1) is 8.18. The molecule has 0 saturated heterocycles. The lowest BCUT2D eigenvalue weighted by atomic mass is 9.85. The second kappa shape index (κ2) is 3.84. The van der Waals surface area contributed by atoms with Gasteiger partial charge in [-0.1, -0.05) is 12.1 Å². The SMILES string of the molecule is CN(C)C1CCC1n1ccc2cccc(F)c21. The summed E-state index contributed by atoms with van der Waals surface area (Å²) < 4.78 is 16.0. The number of para-hydroxylation sites is 1. The van der Waals surface area contributed by atoms with Gasteiger partial charge in [-0.25, -0.2) is 4.39 Å². The van der Waals surface area contributed by atoms with E-state index >= 15 is 0 Å². The van der Waals surface area contributed by atoms with Crippen LogP contribution in [0.2, 0.25) is 0 Å². The molecular formula is C14H17FN2. The number of rotatable bonds is 2. The highest BCUT2D eigenvalue weighted by Gasteiger charge is 2.34. The van der Waals surface area contributed by atoms with Crippen LogP contribution in [0.3, 0.4) is 0 Å². The second-order valence-corrected chi connectivity index (χ2v) is 5.08. The van der Waals surface area contributed by atoms with Crippen LogP contribution in [0.1, 0.15) is 18.9 Å². The summed E-state index contributed by atoms with van der Waals surface area (Å²) in [6.07, 6.45) is 4.36. The van der Waals surface area contributed by atoms with Crippen molar-refractivity contribution in [2.75, 3.05) is 14.1 Å². The van der Waals surface area contributed by atoms with Crippen LogP contribution >= 0.6 is 0 Å². The Kier molecular flexibility index (Phi) is 2.44. The molecule has 90 valence electrons. The fraction of sp³-hybridized carbons (Fsp3) is 0.429. The maximum absolute atomic E-state index is 13.9. The van der Waals surface area contributed by atoms with Crippen LogP contribution in [0.15, 0.2) is 30.5 Å². The van der Waals surface area contributed by atoms with Gasteiger partial charge in [0.05, 0.1) is 5.52 Å². The molecule has 2 aromatic rings. The van der Waals surface area contributed by atoms with E-state index in [1.807, 2.05) is 18.3 Å². The molecule has 1 aromatic heterocycles. The zero-order valence-corrected chi connectivity index (χ0v) is 10.2. The standard InChI is InChI=1S/C14H17FN2/c1-16(2)12-6-7-13(12)17-9-8-10-4-3-5-11(15)14(10)17/h3-5,8-9,12-13H,6-7H2,1-2H3. The molecule has 3 heteroatoms. The van der Waals surface area contributed by atoms with E-state index in [1.165, 1.54) is 6.42 Å². The number of likely N-dealkylation sites (N-methyl/N-ethyl adjacent to an activating group) is 1. The molecule has 0 N–H and O–H groups in total. The number of aromatic nitrogens is 1. The van der Waals surface area contributed by atoms with Crippen molar-refractivity contribution in [3.63, 3.8) is 0 Å². The Morgan fingerprint density at radius 1 is 1.24 bits per heavy atom. The summed E-state index contributed by atoms with van der Waals surface area (Å²) in [5.74, 6) is -0.114. The van der Waals surface area contributed by atoms with Crippen molar-refractivity contribution in [1.82, 2.24) is 9.47 Å². The molecule has 0 radical (unpaired) electrons. The first-order valence-corrected chi connectivity index (χ1v) is 6.10. The zero-order chi connectivity index (χ0) is 12.0. The first kappa shape index (κ1) is 10.8. The van der Waals surface area contributed by atoms with E-state index in [-0.39, 0.29) is 5.82 Å². The van der Waals surface area contributed by atoms with Gasteiger partial charge in [0.15, 0.2) is 0 Å². The Morgan fingerprint density at radius 3 is 2.71 bits per heavy atom. The van der Waals surface area contributed by atoms with Crippen LogP contribution in [0.5, 0.6) is 0 Å². The summed E-state index contributed by atoms with van der Waals surface area (Å²) in [5.41, 5.74) is 0.754. The molecule has 0 amide bonds. The van der Waals surface area contributed by atoms with Gasteiger partial charge in [0, 0.05) is 23.7 Å². The molecule has 3 rings (SSSR count). The lowest BCUT2D eigenvalue weighted by Gasteiger charge is -2.42. The summed E-state index contributed by atoms with van der Waals surface area (Å²) in [5, 5.41) is 0.995. The highest BCUT2D eigenvalue weighted by molar-refractivity contribution is 5.80. The lowest BCUT2D eigenvalue weighted by Crippen LogP contribution is -2.44. The van der Waals surface area contributed by atoms with Gasteiger partial charge < -0.3 is 9.47 Å². The third-order valence-electron chi connectivity index (χ3n) is 3.91. The molecular weight excluding hydrogens is 215 g/mol. The van der Waals surface area contributed by atoms with Gasteiger partial charge in [0.2, 0.25) is 0 Å². The van der Waals surface area contributed by atoms with Gasteiger partial charge in [-0.3, -0.25) is 0 Å². The Morgan fingerprint density at radius 2 is 2.06 bits per heavy atom. The topological polar surface area (TPSA) is 8.17 Å². The average molecular weight is 232 g/mol. The maximum atomic E-state index is 13.9. The minimum Gasteiger partial charge on any atom is -0.340 e. The van der Waals surface area contributed by atoms with Gasteiger partial charge in [-0.2, -0.15) is 0 Å². The smallest absolute Gasteiger partial charge is 0.147 e. The molecule has 17 heavy (non-hydrogen) atoms. The van der Waals surface area contributed by atoms with E-state index in [9.17, 15) is 4.39 Å². The van der Waals surface area contributed by atoms with Crippen molar-refractivity contribution in [1.29, 1.82) is 0 Å². The number of nitrogens with zero attached hydrogens (tertiary/aromatic N) is 2. The summed E-state index contributed by atoms with van der Waals surface area (Å²) >= 11 is 0. The Balaban J connectivity index is 2.06. The van der Waals surface area contributed by atoms with Crippen molar-refractivity contribution in [3.8, 4) is 0 Å². The number of benzene rings is 1. The molecule has 1 aliphatic carbocycles. The van der Waals surface area contributed by atoms with Crippen LogP contribution in [0.25, 0.3) is 10.9 Å². The largest absolute Gasteiger partial charge is 0.340 e. The monoisotopic (exact) mass is 232 g/mol. The number of hydrogen-bond donors (Lipinski definition) is 0. The molecule has 2 nitrogen and oxygen atoms in total. The van der Waals surface area contributed by atoms with E-state index in [4.69, 9.17) is 0 Å². The fourth-order valence-electron chi connectivity index (χ4n) is 2.84. The molecule has 2 atom stereocenters. The van der Waals surface area contributed by atoms with Gasteiger partial charge in [-0.05, 0) is 39.1 Å². The van der Waals surface area contributed by atoms with Crippen molar-refractivity contribution in [2.24, 2.45) is 0 Å². The van der Waals surface area contributed by atoms with Crippen molar-refractivity contribution >= 4 is 10.9 Å². The summed E-state index contributed by atoms with van der Waals surface area (Å²) in [7, 11) is 4.19. The van der Waals surface area contributed by atoms with E-state index < -0.39 is 0 Å². The molecule has 0 bridgehead atoms. The summed E-state index contributed by atoms with van der Waals surface area (Å²) in [6.45, 7) is 0. The molecule has 1 aliphatic rings. The zero-order valence-electron chi connectivity index (χ0n) is 10.2. The minimum absolute atomic E-state index is 0.114. The predicted octanol–water partition coefficient (Wildman–Crippen LogP) is 3.05. The van der Waals surface area contributed by atoms with Crippen molar-refractivity contribution < 1.29 is 4.39 Å². The maximum Gasteiger partial charge on any atom is 0.147 e. The van der Waals surface area contributed by atoms with Crippen LogP contribution in [0.4, 0.5) is 4.39 Å². The average Bonchev–Trinajstić information content (AvgIpc) is 2.61. The second-order valence-electron chi connectivity index (χ2n) is 5.08. The number of fused-ring (bicyclic) bond motifs is 1. The summed E-state index contributed by atoms with van der Waals surface area (Å²) in [4.78, 5) is 2.24. The molecule has 0 aliphatic heterocycles. The Bertz CT molecular complexity index is 544. The highest BCUT2D eigenvalue weighted by atomic mass is 19.1. The molecule has 2 unspecified atom stereocenters. The molecule has 1 aromatic carbocycles. The predicted molar refractivity (Wildman–Crippen MR) is 67.6 cm³/mol. The third-order valence-corrected chi connectivity index (χ3v) is 3.91. The van der Waals surface area contributed by atoms with E-state index in [0.29, 0.717) is 12.1 Å². The van der Waals surface area contributed by atoms with Gasteiger partial charge in [0.25, 0.3) is 0 Å². The summed E-state index contributed by atoms with van der Waals surface area (Å²) in [6, 6.07) is 8.24. The third kappa shape index (κ3) is 1.57. The van der Waals surface area contributed by atoms with Crippen molar-refractivity contribution in [3.05, 3.63) is 36.3 Å². The van der Waals surface area contributed by atoms with Crippen LogP contribution in [-0.4, -0.2) is 29.6 Å². The number of hydrogen-bond acceptors (Lipinski definition) is 1. The lowest BCUT2D eigenvalue weighted by molar-refractivity contribution is 0.116. The normalized spacial score (nSPS) is 24.2. The van der Waals surface area contributed by atoms with Gasteiger partial charge >= 0.3 is 0 Å². The van der Waals surface area contributed by atoms with E-state index in [1.54, 1.807) is 12.1 Å². The first-order valence-electron chi connectivity index (χ1n) is 6.10. The molecule has 1 heterocycles. The van der Waals surface area contributed by atoms with Crippen molar-refractivity contribution in [2.45, 2.75) is 24.9 Å². The van der Waals surface area contributed by atoms with Crippen LogP contribution < -0.4 is 0 Å². The number of halogens is 1. The Labute approximate surface area is 101 Å². The quantitative estimate of drug-likeness (QED) is 0.772. The Hall–Kier alpha value is -1.35. The van der Waals surface area contributed by atoms with Gasteiger partial charge in [-0.15, -0.1) is 0 Å². The van der Waals surface area contributed by atoms with Crippen LogP contribution in [0, 0.1) is 5.82 Å². The van der Waals surface area contributed by atoms with Gasteiger partial charge in [0.1, 0.15) is 5.82 Å². The van der Waals surface area contributed by atoms with E-state index in [2.05, 4.69) is 23.6 Å². The molecule has 0 spiro atoms. The molecule has 1 fully saturated rings. The fourth-order valence-corrected chi connectivity index (χ4v) is 2.84. The van der Waals surface area contributed by atoms with E-state index in [0.717, 1.165) is 17.3 Å².